The summed E-state index contributed by atoms with van der Waals surface area (Å²) >= 11 is 3.45. The number of rotatable bonds is 4. The van der Waals surface area contributed by atoms with Crippen LogP contribution in [0, 0.1) is 0 Å². The molecule has 3 unspecified atom stereocenters. The minimum absolute atomic E-state index is 0.0849. The van der Waals surface area contributed by atoms with Crippen molar-refractivity contribution in [2.45, 2.75) is 25.2 Å². The minimum atomic E-state index is 0.0849. The van der Waals surface area contributed by atoms with Gasteiger partial charge in [-0.2, -0.15) is 0 Å². The van der Waals surface area contributed by atoms with Gasteiger partial charge in [-0.3, -0.25) is 4.90 Å². The topological polar surface area (TPSA) is 41.9 Å². The van der Waals surface area contributed by atoms with E-state index in [1.54, 1.807) is 20.3 Å². The Balaban J connectivity index is 2.16. The Labute approximate surface area is 122 Å². The van der Waals surface area contributed by atoms with E-state index < -0.39 is 0 Å². The van der Waals surface area contributed by atoms with Gasteiger partial charge < -0.3 is 14.6 Å². The molecule has 1 aromatic carbocycles. The van der Waals surface area contributed by atoms with Crippen LogP contribution in [0.15, 0.2) is 22.7 Å². The number of hydrogen-bond donors (Lipinski definition) is 1. The van der Waals surface area contributed by atoms with Crippen molar-refractivity contribution in [1.29, 1.82) is 0 Å². The Bertz CT molecular complexity index is 429. The van der Waals surface area contributed by atoms with Crippen molar-refractivity contribution < 1.29 is 14.6 Å². The molecule has 1 N–H and O–H groups in total. The van der Waals surface area contributed by atoms with Crippen molar-refractivity contribution in [3.8, 4) is 5.75 Å². The second-order valence-electron chi connectivity index (χ2n) is 4.88. The molecular weight excluding hydrogens is 310 g/mol. The number of benzene rings is 1. The fourth-order valence-corrected chi connectivity index (χ4v) is 2.98. The van der Waals surface area contributed by atoms with E-state index in [0.717, 1.165) is 23.1 Å². The molecule has 1 aliphatic rings. The molecule has 5 heteroatoms. The molecule has 0 radical (unpaired) electrons. The van der Waals surface area contributed by atoms with Gasteiger partial charge in [0.05, 0.1) is 12.2 Å². The molecule has 3 atom stereocenters. The highest BCUT2D eigenvalue weighted by molar-refractivity contribution is 9.10. The molecule has 1 fully saturated rings. The molecule has 0 aliphatic carbocycles. The lowest BCUT2D eigenvalue weighted by atomic mass is 10.1. The van der Waals surface area contributed by atoms with Gasteiger partial charge in [-0.05, 0) is 25.1 Å². The summed E-state index contributed by atoms with van der Waals surface area (Å²) in [6, 6.07) is 5.64. The van der Waals surface area contributed by atoms with E-state index in [1.165, 1.54) is 0 Å². The Hall–Kier alpha value is -0.620. The normalized spacial score (nSPS) is 25.7. The lowest BCUT2D eigenvalue weighted by Crippen LogP contribution is -2.27. The van der Waals surface area contributed by atoms with Gasteiger partial charge in [0.15, 0.2) is 0 Å². The average Bonchev–Trinajstić information content (AvgIpc) is 2.84. The highest BCUT2D eigenvalue weighted by Crippen LogP contribution is 2.33. The first-order chi connectivity index (χ1) is 9.06. The monoisotopic (exact) mass is 329 g/mol. The van der Waals surface area contributed by atoms with Gasteiger partial charge >= 0.3 is 0 Å². The largest absolute Gasteiger partial charge is 0.508 e. The Morgan fingerprint density at radius 1 is 1.26 bits per heavy atom. The predicted molar refractivity (Wildman–Crippen MR) is 77.4 cm³/mol. The molecule has 0 aromatic heterocycles. The number of methoxy groups -OCH3 is 2. The third kappa shape index (κ3) is 3.11. The third-order valence-electron chi connectivity index (χ3n) is 3.84. The summed E-state index contributed by atoms with van der Waals surface area (Å²) in [7, 11) is 3.42. The molecule has 1 aliphatic heterocycles. The highest BCUT2D eigenvalue weighted by Gasteiger charge is 2.36. The molecule has 0 saturated carbocycles. The minimum Gasteiger partial charge on any atom is -0.508 e. The van der Waals surface area contributed by atoms with E-state index in [1.807, 2.05) is 12.1 Å². The summed E-state index contributed by atoms with van der Waals surface area (Å²) in [6.45, 7) is 3.70. The number of halogens is 1. The molecule has 1 heterocycles. The van der Waals surface area contributed by atoms with Gasteiger partial charge in [0, 0.05) is 43.4 Å². The summed E-state index contributed by atoms with van der Waals surface area (Å²) in [5.74, 6) is 0.325. The van der Waals surface area contributed by atoms with Gasteiger partial charge in [0.25, 0.3) is 0 Å². The smallest absolute Gasteiger partial charge is 0.120 e. The second-order valence-corrected chi connectivity index (χ2v) is 5.80. The molecule has 4 nitrogen and oxygen atoms in total. The number of likely N-dealkylation sites (tertiary alicyclic amines) is 1. The second kappa shape index (κ2) is 6.22. The maximum atomic E-state index is 10.0. The number of aromatic hydroxyl groups is 1. The summed E-state index contributed by atoms with van der Waals surface area (Å²) in [5, 5.41) is 10.0. The van der Waals surface area contributed by atoms with Crippen molar-refractivity contribution >= 4 is 15.9 Å². The molecule has 19 heavy (non-hydrogen) atoms. The van der Waals surface area contributed by atoms with Crippen molar-refractivity contribution in [3.05, 3.63) is 28.2 Å². The number of hydrogen-bond acceptors (Lipinski definition) is 4. The van der Waals surface area contributed by atoms with Crippen LogP contribution in [0.3, 0.4) is 0 Å². The van der Waals surface area contributed by atoms with E-state index in [0.29, 0.717) is 5.75 Å². The maximum Gasteiger partial charge on any atom is 0.120 e. The van der Waals surface area contributed by atoms with Gasteiger partial charge in [-0.25, -0.2) is 0 Å². The van der Waals surface area contributed by atoms with Gasteiger partial charge in [0.2, 0.25) is 0 Å². The number of phenols is 1. The molecule has 106 valence electrons. The molecule has 0 spiro atoms. The van der Waals surface area contributed by atoms with Gasteiger partial charge in [0.1, 0.15) is 5.75 Å². The number of ether oxygens (including phenoxy) is 2. The van der Waals surface area contributed by atoms with Gasteiger partial charge in [-0.15, -0.1) is 0 Å². The van der Waals surface area contributed by atoms with Crippen LogP contribution in [0.25, 0.3) is 0 Å². The van der Waals surface area contributed by atoms with Crippen molar-refractivity contribution in [3.63, 3.8) is 0 Å². The lowest BCUT2D eigenvalue weighted by molar-refractivity contribution is -0.00461. The Morgan fingerprint density at radius 3 is 2.37 bits per heavy atom. The summed E-state index contributed by atoms with van der Waals surface area (Å²) in [5.41, 5.74) is 0.918. The highest BCUT2D eigenvalue weighted by atomic mass is 79.9. The Kier molecular flexibility index (Phi) is 4.84. The first-order valence-electron chi connectivity index (χ1n) is 6.35. The summed E-state index contributed by atoms with van der Waals surface area (Å²) in [6.07, 6.45) is 0.170. The van der Waals surface area contributed by atoms with E-state index in [-0.39, 0.29) is 18.2 Å². The predicted octanol–water partition coefficient (Wildman–Crippen LogP) is 2.56. The zero-order valence-electron chi connectivity index (χ0n) is 11.5. The fraction of sp³-hybridized carbons (Fsp3) is 0.571. The molecule has 0 bridgehead atoms. The molecular formula is C14H20BrNO3. The third-order valence-corrected chi connectivity index (χ3v) is 4.33. The van der Waals surface area contributed by atoms with Gasteiger partial charge in [-0.1, -0.05) is 15.9 Å². The Morgan fingerprint density at radius 2 is 1.84 bits per heavy atom. The van der Waals surface area contributed by atoms with Crippen LogP contribution in [-0.4, -0.2) is 49.5 Å². The first kappa shape index (κ1) is 14.8. The maximum absolute atomic E-state index is 10.0. The van der Waals surface area contributed by atoms with Crippen LogP contribution < -0.4 is 0 Å². The zero-order chi connectivity index (χ0) is 14.0. The number of nitrogens with zero attached hydrogens (tertiary/aromatic N) is 1. The SMILES string of the molecule is COC1CN(C(C)c2cc(Br)ccc2O)CC1OC. The molecule has 2 rings (SSSR count). The van der Waals surface area contributed by atoms with Crippen LogP contribution in [0.5, 0.6) is 5.75 Å². The quantitative estimate of drug-likeness (QED) is 0.921. The van der Waals surface area contributed by atoms with Crippen LogP contribution >= 0.6 is 15.9 Å². The van der Waals surface area contributed by atoms with E-state index >= 15 is 0 Å². The average molecular weight is 330 g/mol. The van der Waals surface area contributed by atoms with Crippen LogP contribution in [0.2, 0.25) is 0 Å². The zero-order valence-corrected chi connectivity index (χ0v) is 13.1. The summed E-state index contributed by atoms with van der Waals surface area (Å²) in [4.78, 5) is 2.27. The van der Waals surface area contributed by atoms with Crippen LogP contribution in [0.1, 0.15) is 18.5 Å². The first-order valence-corrected chi connectivity index (χ1v) is 7.14. The van der Waals surface area contributed by atoms with Crippen LogP contribution in [0.4, 0.5) is 0 Å². The summed E-state index contributed by atoms with van der Waals surface area (Å²) < 4.78 is 11.9. The molecule has 1 saturated heterocycles. The van der Waals surface area contributed by atoms with Crippen LogP contribution in [-0.2, 0) is 9.47 Å². The van der Waals surface area contributed by atoms with E-state index in [2.05, 4.69) is 27.8 Å². The van der Waals surface area contributed by atoms with E-state index in [9.17, 15) is 5.11 Å². The molecule has 1 aromatic rings. The van der Waals surface area contributed by atoms with Crippen molar-refractivity contribution in [1.82, 2.24) is 4.90 Å². The van der Waals surface area contributed by atoms with Crippen molar-refractivity contribution in [2.24, 2.45) is 0 Å². The number of phenolic OH excluding ortho intramolecular Hbond substituents is 1. The van der Waals surface area contributed by atoms with E-state index in [4.69, 9.17) is 9.47 Å². The molecule has 0 amide bonds. The fourth-order valence-electron chi connectivity index (χ4n) is 2.60. The lowest BCUT2D eigenvalue weighted by Gasteiger charge is -2.25. The standard InChI is InChI=1S/C14H20BrNO3/c1-9(11-6-10(15)4-5-12(11)17)16-7-13(18-2)14(8-16)19-3/h4-6,9,13-14,17H,7-8H2,1-3H3. The van der Waals surface area contributed by atoms with Crippen molar-refractivity contribution in [2.75, 3.05) is 27.3 Å².